The summed E-state index contributed by atoms with van der Waals surface area (Å²) in [5, 5.41) is 10.9. The van der Waals surface area contributed by atoms with E-state index in [0.717, 1.165) is 5.56 Å². The molecule has 0 saturated heterocycles. The molecule has 0 fully saturated rings. The van der Waals surface area contributed by atoms with Crippen molar-refractivity contribution < 1.29 is 14.4 Å². The lowest BCUT2D eigenvalue weighted by Gasteiger charge is -2.13. The van der Waals surface area contributed by atoms with Crippen LogP contribution < -0.4 is 21.3 Å². The van der Waals surface area contributed by atoms with E-state index in [1.807, 2.05) is 26.8 Å². The zero-order valence-corrected chi connectivity index (χ0v) is 15.8. The first-order chi connectivity index (χ1) is 12.7. The highest BCUT2D eigenvalue weighted by Gasteiger charge is 2.12. The van der Waals surface area contributed by atoms with E-state index in [-0.39, 0.29) is 23.9 Å². The second kappa shape index (κ2) is 8.84. The molecule has 142 valence electrons. The average Bonchev–Trinajstić information content (AvgIpc) is 2.56. The predicted octanol–water partition coefficient (Wildman–Crippen LogP) is 3.74. The van der Waals surface area contributed by atoms with Crippen molar-refractivity contribution in [2.45, 2.75) is 33.7 Å². The van der Waals surface area contributed by atoms with E-state index in [2.05, 4.69) is 21.3 Å². The monoisotopic (exact) mass is 368 g/mol. The Morgan fingerprint density at radius 3 is 2.30 bits per heavy atom. The van der Waals surface area contributed by atoms with Crippen molar-refractivity contribution in [3.8, 4) is 0 Å². The molecule has 2 rings (SSSR count). The highest BCUT2D eigenvalue weighted by atomic mass is 16.2. The molecule has 27 heavy (non-hydrogen) atoms. The maximum absolute atomic E-state index is 12.6. The molecule has 2 aromatic carbocycles. The molecule has 0 spiro atoms. The SMILES string of the molecule is CC(=O)Nc1ccc(C)cc1NC(=O)c1cccc(NC(=O)NC(C)C)c1. The van der Waals surface area contributed by atoms with Crippen LogP contribution >= 0.6 is 0 Å². The smallest absolute Gasteiger partial charge is 0.319 e. The van der Waals surface area contributed by atoms with E-state index in [4.69, 9.17) is 0 Å². The summed E-state index contributed by atoms with van der Waals surface area (Å²) < 4.78 is 0. The quantitative estimate of drug-likeness (QED) is 0.647. The number of carbonyl (C=O) groups is 3. The minimum atomic E-state index is -0.347. The van der Waals surface area contributed by atoms with Crippen LogP contribution in [0.4, 0.5) is 21.9 Å². The minimum absolute atomic E-state index is 0.00463. The molecule has 4 N–H and O–H groups in total. The van der Waals surface area contributed by atoms with Crippen molar-refractivity contribution in [1.29, 1.82) is 0 Å². The Hall–Kier alpha value is -3.35. The molecule has 7 nitrogen and oxygen atoms in total. The van der Waals surface area contributed by atoms with Crippen LogP contribution in [0.1, 0.15) is 36.7 Å². The molecule has 0 aliphatic heterocycles. The van der Waals surface area contributed by atoms with Crippen LogP contribution in [0.2, 0.25) is 0 Å². The van der Waals surface area contributed by atoms with Gasteiger partial charge in [-0.15, -0.1) is 0 Å². The first kappa shape index (κ1) is 20.0. The summed E-state index contributed by atoms with van der Waals surface area (Å²) in [5.41, 5.74) is 2.86. The molecule has 2 aromatic rings. The fraction of sp³-hybridized carbons (Fsp3) is 0.250. The van der Waals surface area contributed by atoms with Gasteiger partial charge in [0, 0.05) is 24.2 Å². The van der Waals surface area contributed by atoms with Gasteiger partial charge in [0.25, 0.3) is 5.91 Å². The normalized spacial score (nSPS) is 10.3. The van der Waals surface area contributed by atoms with Gasteiger partial charge < -0.3 is 21.3 Å². The van der Waals surface area contributed by atoms with Crippen LogP contribution in [0, 0.1) is 6.92 Å². The molecule has 4 amide bonds. The van der Waals surface area contributed by atoms with Gasteiger partial charge in [-0.1, -0.05) is 12.1 Å². The van der Waals surface area contributed by atoms with Gasteiger partial charge in [-0.3, -0.25) is 9.59 Å². The fourth-order valence-electron chi connectivity index (χ4n) is 2.42. The molecule has 0 radical (unpaired) electrons. The Balaban J connectivity index is 2.17. The van der Waals surface area contributed by atoms with Crippen LogP contribution in [0.25, 0.3) is 0 Å². The Bertz CT molecular complexity index is 862. The summed E-state index contributed by atoms with van der Waals surface area (Å²) >= 11 is 0. The largest absolute Gasteiger partial charge is 0.336 e. The van der Waals surface area contributed by atoms with E-state index in [1.54, 1.807) is 36.4 Å². The highest BCUT2D eigenvalue weighted by Crippen LogP contribution is 2.24. The zero-order valence-electron chi connectivity index (χ0n) is 15.8. The number of hydrogen-bond donors (Lipinski definition) is 4. The Labute approximate surface area is 158 Å². The molecule has 0 heterocycles. The second-order valence-corrected chi connectivity index (χ2v) is 6.52. The first-order valence-electron chi connectivity index (χ1n) is 8.62. The standard InChI is InChI=1S/C20H24N4O3/c1-12(2)21-20(27)23-16-7-5-6-15(11-16)19(26)24-18-10-13(3)8-9-17(18)22-14(4)25/h5-12H,1-4H3,(H,22,25)(H,24,26)(H2,21,23,27). The van der Waals surface area contributed by atoms with E-state index in [9.17, 15) is 14.4 Å². The van der Waals surface area contributed by atoms with Gasteiger partial charge in [-0.2, -0.15) is 0 Å². The van der Waals surface area contributed by atoms with E-state index in [1.165, 1.54) is 6.92 Å². The van der Waals surface area contributed by atoms with Crippen LogP contribution in [0.15, 0.2) is 42.5 Å². The molecule has 0 aliphatic carbocycles. The molecule has 0 unspecified atom stereocenters. The van der Waals surface area contributed by atoms with Gasteiger partial charge in [-0.25, -0.2) is 4.79 Å². The predicted molar refractivity (Wildman–Crippen MR) is 107 cm³/mol. The molecule has 0 atom stereocenters. The molecule has 0 bridgehead atoms. The lowest BCUT2D eigenvalue weighted by molar-refractivity contribution is -0.114. The van der Waals surface area contributed by atoms with Crippen molar-refractivity contribution in [2.24, 2.45) is 0 Å². The van der Waals surface area contributed by atoms with Crippen LogP contribution in [0.3, 0.4) is 0 Å². The maximum Gasteiger partial charge on any atom is 0.319 e. The van der Waals surface area contributed by atoms with Gasteiger partial charge in [0.2, 0.25) is 5.91 Å². The molecular formula is C20H24N4O3. The van der Waals surface area contributed by atoms with Crippen LogP contribution in [-0.2, 0) is 4.79 Å². The topological polar surface area (TPSA) is 99.3 Å². The number of anilines is 3. The zero-order chi connectivity index (χ0) is 20.0. The number of carbonyl (C=O) groups excluding carboxylic acids is 3. The molecule has 7 heteroatoms. The van der Waals surface area contributed by atoms with Crippen molar-refractivity contribution in [3.05, 3.63) is 53.6 Å². The molecule has 0 aromatic heterocycles. The minimum Gasteiger partial charge on any atom is -0.336 e. The highest BCUT2D eigenvalue weighted by molar-refractivity contribution is 6.08. The van der Waals surface area contributed by atoms with Crippen molar-refractivity contribution in [1.82, 2.24) is 5.32 Å². The first-order valence-corrected chi connectivity index (χ1v) is 8.62. The summed E-state index contributed by atoms with van der Waals surface area (Å²) in [4.78, 5) is 35.8. The maximum atomic E-state index is 12.6. The third-order valence-electron chi connectivity index (χ3n) is 3.54. The number of benzene rings is 2. The van der Waals surface area contributed by atoms with Crippen molar-refractivity contribution >= 4 is 34.9 Å². The number of aryl methyl sites for hydroxylation is 1. The summed E-state index contributed by atoms with van der Waals surface area (Å²) in [5.74, 6) is -0.572. The second-order valence-electron chi connectivity index (χ2n) is 6.52. The molecular weight excluding hydrogens is 344 g/mol. The van der Waals surface area contributed by atoms with Crippen molar-refractivity contribution in [2.75, 3.05) is 16.0 Å². The van der Waals surface area contributed by atoms with E-state index < -0.39 is 0 Å². The van der Waals surface area contributed by atoms with Crippen LogP contribution in [0.5, 0.6) is 0 Å². The van der Waals surface area contributed by atoms with Gasteiger partial charge in [0.1, 0.15) is 0 Å². The lowest BCUT2D eigenvalue weighted by atomic mass is 10.1. The van der Waals surface area contributed by atoms with Gasteiger partial charge in [0.15, 0.2) is 0 Å². The Morgan fingerprint density at radius 2 is 1.63 bits per heavy atom. The molecule has 0 aliphatic rings. The third kappa shape index (κ3) is 6.14. The summed E-state index contributed by atoms with van der Waals surface area (Å²) in [7, 11) is 0. The number of urea groups is 1. The summed E-state index contributed by atoms with van der Waals surface area (Å²) in [6, 6.07) is 11.6. The van der Waals surface area contributed by atoms with Gasteiger partial charge in [-0.05, 0) is 56.7 Å². The van der Waals surface area contributed by atoms with E-state index in [0.29, 0.717) is 22.6 Å². The summed E-state index contributed by atoms with van der Waals surface area (Å²) in [6.45, 7) is 7.02. The Kier molecular flexibility index (Phi) is 6.54. The van der Waals surface area contributed by atoms with E-state index >= 15 is 0 Å². The molecule has 0 saturated carbocycles. The van der Waals surface area contributed by atoms with Crippen molar-refractivity contribution in [3.63, 3.8) is 0 Å². The van der Waals surface area contributed by atoms with Gasteiger partial charge >= 0.3 is 6.03 Å². The third-order valence-corrected chi connectivity index (χ3v) is 3.54. The number of nitrogens with one attached hydrogen (secondary N) is 4. The Morgan fingerprint density at radius 1 is 0.889 bits per heavy atom. The van der Waals surface area contributed by atoms with Crippen LogP contribution in [-0.4, -0.2) is 23.9 Å². The average molecular weight is 368 g/mol. The number of hydrogen-bond acceptors (Lipinski definition) is 3. The van der Waals surface area contributed by atoms with Gasteiger partial charge in [0.05, 0.1) is 11.4 Å². The fourth-order valence-corrected chi connectivity index (χ4v) is 2.42. The summed E-state index contributed by atoms with van der Waals surface area (Å²) in [6.07, 6.45) is 0. The number of rotatable bonds is 5. The number of amides is 4. The lowest BCUT2D eigenvalue weighted by Crippen LogP contribution is -2.34.